The number of rotatable bonds is 6. The average molecular weight is 529 g/mol. The summed E-state index contributed by atoms with van der Waals surface area (Å²) < 4.78 is 5.44. The van der Waals surface area contributed by atoms with Crippen LogP contribution in [0.25, 0.3) is 10.8 Å². The number of amides is 1. The third kappa shape index (κ3) is 5.32. The summed E-state index contributed by atoms with van der Waals surface area (Å²) in [6, 6.07) is 21.7. The first-order chi connectivity index (χ1) is 18.6. The number of piperidine rings is 1. The second-order valence-electron chi connectivity index (χ2n) is 12.0. The van der Waals surface area contributed by atoms with Gasteiger partial charge in [0.2, 0.25) is 0 Å². The van der Waals surface area contributed by atoms with Crippen LogP contribution in [-0.2, 0) is 10.2 Å². The molecule has 1 aliphatic heterocycles. The summed E-state index contributed by atoms with van der Waals surface area (Å²) in [6.07, 6.45) is 2.76. The minimum atomic E-state index is -0.944. The molecule has 0 spiro atoms. The van der Waals surface area contributed by atoms with Crippen molar-refractivity contribution < 1.29 is 19.4 Å². The summed E-state index contributed by atoms with van der Waals surface area (Å²) in [5, 5.41) is 14.4. The van der Waals surface area contributed by atoms with E-state index in [1.165, 1.54) is 6.92 Å². The molecule has 3 atom stereocenters. The van der Waals surface area contributed by atoms with Crippen LogP contribution in [0.3, 0.4) is 0 Å². The maximum absolute atomic E-state index is 14.1. The predicted molar refractivity (Wildman–Crippen MR) is 154 cm³/mol. The van der Waals surface area contributed by atoms with Crippen molar-refractivity contribution in [3.05, 3.63) is 77.9 Å². The highest BCUT2D eigenvalue weighted by Crippen LogP contribution is 2.53. The molecule has 1 saturated carbocycles. The smallest absolute Gasteiger partial charge is 0.308 e. The van der Waals surface area contributed by atoms with Crippen LogP contribution in [0, 0.1) is 5.92 Å². The highest BCUT2D eigenvalue weighted by atomic mass is 16.5. The van der Waals surface area contributed by atoms with Gasteiger partial charge in [-0.1, -0.05) is 56.3 Å². The minimum absolute atomic E-state index is 0.0209. The van der Waals surface area contributed by atoms with Gasteiger partial charge in [0.05, 0.1) is 5.60 Å². The van der Waals surface area contributed by atoms with Gasteiger partial charge in [-0.05, 0) is 85.8 Å². The minimum Gasteiger partial charge on any atom is -0.427 e. The van der Waals surface area contributed by atoms with Gasteiger partial charge in [-0.2, -0.15) is 0 Å². The number of nitrogens with zero attached hydrogens (tertiary/aromatic N) is 2. The number of carbonyl (C=O) groups is 2. The Morgan fingerprint density at radius 2 is 1.82 bits per heavy atom. The predicted octanol–water partition coefficient (Wildman–Crippen LogP) is 5.42. The van der Waals surface area contributed by atoms with Gasteiger partial charge in [-0.25, -0.2) is 0 Å². The van der Waals surface area contributed by atoms with E-state index in [0.717, 1.165) is 35.7 Å². The highest BCUT2D eigenvalue weighted by Gasteiger charge is 2.58. The van der Waals surface area contributed by atoms with Crippen molar-refractivity contribution in [1.29, 1.82) is 0 Å². The Bertz CT molecular complexity index is 1370. The molecule has 1 saturated heterocycles. The van der Waals surface area contributed by atoms with Crippen LogP contribution >= 0.6 is 0 Å². The van der Waals surface area contributed by atoms with Crippen LogP contribution in [-0.4, -0.2) is 65.1 Å². The van der Waals surface area contributed by atoms with Gasteiger partial charge in [0.15, 0.2) is 0 Å². The van der Waals surface area contributed by atoms with E-state index >= 15 is 0 Å². The molecule has 1 heterocycles. The number of hydrogen-bond donors (Lipinski definition) is 1. The fraction of sp³-hybridized carbons (Fsp3) is 0.455. The number of hydrogen-bond acceptors (Lipinski definition) is 5. The van der Waals surface area contributed by atoms with Crippen LogP contribution in [0.1, 0.15) is 62.4 Å². The first kappa shape index (κ1) is 27.4. The zero-order chi connectivity index (χ0) is 27.8. The van der Waals surface area contributed by atoms with E-state index in [4.69, 9.17) is 4.74 Å². The number of fused-ring (bicyclic) bond motifs is 2. The summed E-state index contributed by atoms with van der Waals surface area (Å²) >= 11 is 0. The number of β-amino-alcohol motifs (C(OH)–C–C–N with tert-alkyl or cyclic N) is 1. The van der Waals surface area contributed by atoms with Gasteiger partial charge < -0.3 is 19.6 Å². The first-order valence-electron chi connectivity index (χ1n) is 14.1. The molecule has 0 aromatic heterocycles. The maximum Gasteiger partial charge on any atom is 0.308 e. The van der Waals surface area contributed by atoms with Crippen molar-refractivity contribution in [3.8, 4) is 5.75 Å². The third-order valence-electron chi connectivity index (χ3n) is 8.73. The van der Waals surface area contributed by atoms with Gasteiger partial charge in [-0.15, -0.1) is 0 Å². The molecule has 6 heteroatoms. The normalized spacial score (nSPS) is 25.3. The van der Waals surface area contributed by atoms with E-state index in [2.05, 4.69) is 36.8 Å². The molecule has 3 aromatic rings. The topological polar surface area (TPSA) is 70.1 Å². The SMILES string of the molecule is CC(=O)Oc1cccc([C@@]23CCN(C)C[C@@]2(O)CC[C@H](N(CC(C)C)C(=O)c2ccc4ccccc4c2)C3)c1. The Morgan fingerprint density at radius 3 is 2.56 bits per heavy atom. The largest absolute Gasteiger partial charge is 0.427 e. The molecule has 0 radical (unpaired) electrons. The van der Waals surface area contributed by atoms with Crippen molar-refractivity contribution in [2.75, 3.05) is 26.7 Å². The van der Waals surface area contributed by atoms with Crippen LogP contribution in [0.5, 0.6) is 5.75 Å². The Hall–Kier alpha value is -3.22. The van der Waals surface area contributed by atoms with Gasteiger partial charge in [0.1, 0.15) is 5.75 Å². The average Bonchev–Trinajstić information content (AvgIpc) is 2.90. The van der Waals surface area contributed by atoms with E-state index in [1.807, 2.05) is 54.6 Å². The number of benzene rings is 3. The van der Waals surface area contributed by atoms with E-state index in [0.29, 0.717) is 43.2 Å². The molecule has 2 fully saturated rings. The molecule has 0 bridgehead atoms. The lowest BCUT2D eigenvalue weighted by molar-refractivity contribution is -0.132. The fourth-order valence-electron chi connectivity index (χ4n) is 6.91. The first-order valence-corrected chi connectivity index (χ1v) is 14.1. The molecule has 39 heavy (non-hydrogen) atoms. The van der Waals surface area contributed by atoms with E-state index in [-0.39, 0.29) is 17.9 Å². The number of carbonyl (C=O) groups excluding carboxylic acids is 2. The molecule has 1 aliphatic carbocycles. The van der Waals surface area contributed by atoms with Crippen molar-refractivity contribution >= 4 is 22.6 Å². The Morgan fingerprint density at radius 1 is 1.05 bits per heavy atom. The zero-order valence-electron chi connectivity index (χ0n) is 23.5. The molecule has 1 N–H and O–H groups in total. The summed E-state index contributed by atoms with van der Waals surface area (Å²) in [6.45, 7) is 7.76. The number of esters is 1. The number of likely N-dealkylation sites (tertiary alicyclic amines) is 1. The molecule has 3 aromatic carbocycles. The number of aliphatic hydroxyl groups is 1. The third-order valence-corrected chi connectivity index (χ3v) is 8.73. The molecule has 0 unspecified atom stereocenters. The van der Waals surface area contributed by atoms with Gasteiger partial charge in [0.25, 0.3) is 5.91 Å². The summed E-state index contributed by atoms with van der Waals surface area (Å²) in [4.78, 5) is 30.1. The second kappa shape index (κ2) is 10.7. The maximum atomic E-state index is 14.1. The number of ether oxygens (including phenoxy) is 1. The quantitative estimate of drug-likeness (QED) is 0.342. The molecule has 6 nitrogen and oxygen atoms in total. The molecule has 5 rings (SSSR count). The molecule has 1 amide bonds. The standard InChI is InChI=1S/C33H40N2O4/c1-23(2)21-35(31(37)27-13-12-25-8-5-6-9-26(25)18-27)29-14-15-33(38)22-34(4)17-16-32(33,20-29)28-10-7-11-30(19-28)39-24(3)36/h5-13,18-19,23,29,38H,14-17,20-22H2,1-4H3/t29-,32-,33-/m0/s1. The van der Waals surface area contributed by atoms with E-state index < -0.39 is 11.0 Å². The van der Waals surface area contributed by atoms with Crippen molar-refractivity contribution in [3.63, 3.8) is 0 Å². The van der Waals surface area contributed by atoms with Crippen molar-refractivity contribution in [2.24, 2.45) is 5.92 Å². The van der Waals surface area contributed by atoms with Crippen molar-refractivity contribution in [2.45, 2.75) is 63.5 Å². The molecular formula is C33H40N2O4. The fourth-order valence-corrected chi connectivity index (χ4v) is 6.91. The van der Waals surface area contributed by atoms with Crippen LogP contribution in [0.2, 0.25) is 0 Å². The molecular weight excluding hydrogens is 488 g/mol. The van der Waals surface area contributed by atoms with Crippen LogP contribution < -0.4 is 4.74 Å². The number of likely N-dealkylation sites (N-methyl/N-ethyl adjacent to an activating group) is 1. The van der Waals surface area contributed by atoms with Crippen molar-refractivity contribution in [1.82, 2.24) is 9.80 Å². The highest BCUT2D eigenvalue weighted by molar-refractivity contribution is 5.98. The van der Waals surface area contributed by atoms with E-state index in [9.17, 15) is 14.7 Å². The van der Waals surface area contributed by atoms with Crippen LogP contribution in [0.4, 0.5) is 0 Å². The Labute approximate surface area is 231 Å². The van der Waals surface area contributed by atoms with Crippen LogP contribution in [0.15, 0.2) is 66.7 Å². The summed E-state index contributed by atoms with van der Waals surface area (Å²) in [5.74, 6) is 0.468. The summed E-state index contributed by atoms with van der Waals surface area (Å²) in [5.41, 5.74) is 0.173. The summed E-state index contributed by atoms with van der Waals surface area (Å²) in [7, 11) is 2.05. The lowest BCUT2D eigenvalue weighted by Crippen LogP contribution is -2.67. The molecule has 206 valence electrons. The lowest BCUT2D eigenvalue weighted by Gasteiger charge is -2.59. The monoisotopic (exact) mass is 528 g/mol. The van der Waals surface area contributed by atoms with E-state index in [1.54, 1.807) is 6.07 Å². The molecule has 2 aliphatic rings. The Balaban J connectivity index is 1.53. The Kier molecular flexibility index (Phi) is 7.53. The van der Waals surface area contributed by atoms with Gasteiger partial charge in [-0.3, -0.25) is 9.59 Å². The lowest BCUT2D eigenvalue weighted by atomic mass is 9.55. The van der Waals surface area contributed by atoms with Gasteiger partial charge in [0, 0.05) is 37.0 Å². The van der Waals surface area contributed by atoms with Gasteiger partial charge >= 0.3 is 5.97 Å². The zero-order valence-corrected chi connectivity index (χ0v) is 23.5. The second-order valence-corrected chi connectivity index (χ2v) is 12.0.